The van der Waals surface area contributed by atoms with E-state index in [4.69, 9.17) is 5.73 Å². The third-order valence-electron chi connectivity index (χ3n) is 3.95. The van der Waals surface area contributed by atoms with Crippen LogP contribution >= 0.6 is 11.8 Å². The second-order valence-corrected chi connectivity index (χ2v) is 7.22. The molecule has 3 aromatic rings. The van der Waals surface area contributed by atoms with E-state index in [1.807, 2.05) is 37.3 Å². The lowest BCUT2D eigenvalue weighted by Crippen LogP contribution is -2.25. The molecule has 1 heterocycles. The Kier molecular flexibility index (Phi) is 6.38. The number of aromatic nitrogens is 4. The van der Waals surface area contributed by atoms with Crippen LogP contribution < -0.4 is 11.1 Å². The minimum atomic E-state index is -0.393. The smallest absolute Gasteiger partial charge is 0.237 e. The number of rotatable bonds is 8. The Hall–Kier alpha value is -3.20. The molecular weight excluding hydrogens is 376 g/mol. The van der Waals surface area contributed by atoms with Crippen LogP contribution in [-0.2, 0) is 16.0 Å². The molecule has 0 spiro atoms. The molecule has 8 nitrogen and oxygen atoms in total. The van der Waals surface area contributed by atoms with Crippen LogP contribution in [0.25, 0.3) is 5.69 Å². The minimum absolute atomic E-state index is 0.141. The van der Waals surface area contributed by atoms with Crippen LogP contribution in [0.15, 0.2) is 59.8 Å². The van der Waals surface area contributed by atoms with E-state index in [-0.39, 0.29) is 17.6 Å². The van der Waals surface area contributed by atoms with Gasteiger partial charge in [-0.05, 0) is 46.7 Å². The molecule has 1 aromatic heterocycles. The Morgan fingerprint density at radius 2 is 1.86 bits per heavy atom. The van der Waals surface area contributed by atoms with Crippen molar-refractivity contribution in [3.05, 3.63) is 60.2 Å². The number of benzene rings is 2. The van der Waals surface area contributed by atoms with Crippen molar-refractivity contribution in [1.29, 1.82) is 0 Å². The van der Waals surface area contributed by atoms with Crippen molar-refractivity contribution in [1.82, 2.24) is 20.2 Å². The molecule has 0 saturated heterocycles. The number of primary amides is 1. The van der Waals surface area contributed by atoms with Crippen LogP contribution in [0.3, 0.4) is 0 Å². The van der Waals surface area contributed by atoms with Gasteiger partial charge >= 0.3 is 0 Å². The molecule has 0 fully saturated rings. The number of hydrogen-bond acceptors (Lipinski definition) is 6. The quantitative estimate of drug-likeness (QED) is 0.564. The first-order valence-electron chi connectivity index (χ1n) is 8.75. The van der Waals surface area contributed by atoms with E-state index in [2.05, 4.69) is 20.8 Å². The van der Waals surface area contributed by atoms with Crippen LogP contribution in [0, 0.1) is 0 Å². The van der Waals surface area contributed by atoms with E-state index in [1.54, 1.807) is 28.9 Å². The number of anilines is 1. The predicted molar refractivity (Wildman–Crippen MR) is 107 cm³/mol. The van der Waals surface area contributed by atoms with Crippen LogP contribution in [0.5, 0.6) is 0 Å². The summed E-state index contributed by atoms with van der Waals surface area (Å²) in [6.07, 6.45) is 0.779. The lowest BCUT2D eigenvalue weighted by atomic mass is 10.1. The Morgan fingerprint density at radius 1 is 1.14 bits per heavy atom. The van der Waals surface area contributed by atoms with Gasteiger partial charge in [-0.3, -0.25) is 9.59 Å². The van der Waals surface area contributed by atoms with Crippen LogP contribution in [0.1, 0.15) is 18.9 Å². The van der Waals surface area contributed by atoms with Gasteiger partial charge in [-0.15, -0.1) is 5.10 Å². The first-order valence-corrected chi connectivity index (χ1v) is 9.63. The summed E-state index contributed by atoms with van der Waals surface area (Å²) in [5.74, 6) is -0.534. The fourth-order valence-electron chi connectivity index (χ4n) is 2.56. The van der Waals surface area contributed by atoms with E-state index < -0.39 is 5.91 Å². The number of hydrogen-bond donors (Lipinski definition) is 2. The summed E-state index contributed by atoms with van der Waals surface area (Å²) in [5.41, 5.74) is 7.47. The summed E-state index contributed by atoms with van der Waals surface area (Å²) in [6, 6.07) is 16.6. The van der Waals surface area contributed by atoms with Crippen molar-refractivity contribution >= 4 is 29.3 Å². The Labute approximate surface area is 166 Å². The molecule has 3 N–H and O–H groups in total. The van der Waals surface area contributed by atoms with Crippen LogP contribution in [0.4, 0.5) is 5.69 Å². The fraction of sp³-hybridized carbons (Fsp3) is 0.211. The summed E-state index contributed by atoms with van der Waals surface area (Å²) >= 11 is 1.31. The zero-order valence-electron chi connectivity index (χ0n) is 15.3. The average molecular weight is 396 g/mol. The highest BCUT2D eigenvalue weighted by Gasteiger charge is 2.22. The molecule has 9 heteroatoms. The van der Waals surface area contributed by atoms with E-state index in [0.717, 1.165) is 11.3 Å². The van der Waals surface area contributed by atoms with Gasteiger partial charge in [-0.1, -0.05) is 49.0 Å². The number of nitrogens with zero attached hydrogens (tertiary/aromatic N) is 4. The average Bonchev–Trinajstić information content (AvgIpc) is 3.16. The molecule has 144 valence electrons. The molecule has 2 aromatic carbocycles. The monoisotopic (exact) mass is 396 g/mol. The molecular formula is C19H20N6O2S. The molecule has 0 aliphatic rings. The number of para-hydroxylation sites is 1. The van der Waals surface area contributed by atoms with Crippen molar-refractivity contribution in [3.8, 4) is 5.69 Å². The fourth-order valence-corrected chi connectivity index (χ4v) is 3.48. The molecule has 1 atom stereocenters. The van der Waals surface area contributed by atoms with Crippen molar-refractivity contribution < 1.29 is 9.59 Å². The van der Waals surface area contributed by atoms with Crippen molar-refractivity contribution in [2.45, 2.75) is 30.2 Å². The van der Waals surface area contributed by atoms with Gasteiger partial charge in [-0.25, -0.2) is 0 Å². The number of tetrazole rings is 1. The molecule has 0 aliphatic heterocycles. The second kappa shape index (κ2) is 9.14. The molecule has 28 heavy (non-hydrogen) atoms. The van der Waals surface area contributed by atoms with E-state index in [0.29, 0.717) is 17.3 Å². The van der Waals surface area contributed by atoms with Gasteiger partial charge in [0.05, 0.1) is 17.4 Å². The van der Waals surface area contributed by atoms with Crippen molar-refractivity contribution in [2.75, 3.05) is 5.32 Å². The summed E-state index contributed by atoms with van der Waals surface area (Å²) in [4.78, 5) is 23.7. The Balaban J connectivity index is 1.68. The van der Waals surface area contributed by atoms with Crippen molar-refractivity contribution in [3.63, 3.8) is 0 Å². The highest BCUT2D eigenvalue weighted by atomic mass is 32.2. The maximum absolute atomic E-state index is 12.7. The molecule has 0 aliphatic carbocycles. The minimum Gasteiger partial charge on any atom is -0.369 e. The first-order chi connectivity index (χ1) is 13.6. The number of amides is 2. The zero-order valence-corrected chi connectivity index (χ0v) is 16.1. The summed E-state index contributed by atoms with van der Waals surface area (Å²) in [7, 11) is 0. The van der Waals surface area contributed by atoms with E-state index in [1.165, 1.54) is 11.8 Å². The van der Waals surface area contributed by atoms with Gasteiger partial charge in [0.25, 0.3) is 0 Å². The van der Waals surface area contributed by atoms with Crippen LogP contribution in [0.2, 0.25) is 0 Å². The largest absolute Gasteiger partial charge is 0.369 e. The number of nitrogens with two attached hydrogens (primary N) is 1. The lowest BCUT2D eigenvalue weighted by molar-refractivity contribution is -0.117. The second-order valence-electron chi connectivity index (χ2n) is 6.05. The van der Waals surface area contributed by atoms with Gasteiger partial charge in [0.15, 0.2) is 0 Å². The lowest BCUT2D eigenvalue weighted by Gasteiger charge is -2.14. The standard InChI is InChI=1S/C19H20N6O2S/c1-2-16(18(27)21-14-10-8-13(9-11-14)12-17(20)26)28-19-22-23-24-25(19)15-6-4-3-5-7-15/h3-11,16H,2,12H2,1H3,(H2,20,26)(H,21,27)/t16-/m0/s1. The summed E-state index contributed by atoms with van der Waals surface area (Å²) in [5, 5.41) is 14.9. The third-order valence-corrected chi connectivity index (χ3v) is 5.25. The SMILES string of the molecule is CC[C@H](Sc1nnnn1-c1ccccc1)C(=O)Nc1ccc(CC(N)=O)cc1. The zero-order chi connectivity index (χ0) is 19.9. The maximum atomic E-state index is 12.7. The molecule has 0 bridgehead atoms. The van der Waals surface area contributed by atoms with Gasteiger partial charge < -0.3 is 11.1 Å². The van der Waals surface area contributed by atoms with Crippen LogP contribution in [-0.4, -0.2) is 37.3 Å². The molecule has 0 saturated carbocycles. The molecule has 3 rings (SSSR count). The third kappa shape index (κ3) is 4.95. The van der Waals surface area contributed by atoms with Crippen molar-refractivity contribution in [2.24, 2.45) is 5.73 Å². The molecule has 0 unspecified atom stereocenters. The number of carbonyl (C=O) groups is 2. The number of nitrogens with one attached hydrogen (secondary N) is 1. The topological polar surface area (TPSA) is 116 Å². The van der Waals surface area contributed by atoms with Gasteiger partial charge in [0.2, 0.25) is 17.0 Å². The summed E-state index contributed by atoms with van der Waals surface area (Å²) in [6.45, 7) is 1.93. The van der Waals surface area contributed by atoms with E-state index in [9.17, 15) is 9.59 Å². The van der Waals surface area contributed by atoms with Gasteiger partial charge in [-0.2, -0.15) is 4.68 Å². The Morgan fingerprint density at radius 3 is 2.50 bits per heavy atom. The van der Waals surface area contributed by atoms with Gasteiger partial charge in [0, 0.05) is 5.69 Å². The highest BCUT2D eigenvalue weighted by molar-refractivity contribution is 8.00. The molecule has 0 radical (unpaired) electrons. The highest BCUT2D eigenvalue weighted by Crippen LogP contribution is 2.26. The normalized spacial score (nSPS) is 11.8. The number of carbonyl (C=O) groups excluding carboxylic acids is 2. The first kappa shape index (κ1) is 19.6. The predicted octanol–water partition coefficient (Wildman–Crippen LogP) is 2.20. The van der Waals surface area contributed by atoms with E-state index >= 15 is 0 Å². The number of thioether (sulfide) groups is 1. The summed E-state index contributed by atoms with van der Waals surface area (Å²) < 4.78 is 1.61. The maximum Gasteiger partial charge on any atom is 0.237 e. The van der Waals surface area contributed by atoms with Gasteiger partial charge in [0.1, 0.15) is 0 Å². The molecule has 2 amide bonds. The Bertz CT molecular complexity index is 943.